The Labute approximate surface area is 206 Å². The smallest absolute Gasteiger partial charge is 0.353 e. The minimum absolute atomic E-state index is 0.0748. The second-order valence-corrected chi connectivity index (χ2v) is 11.2. The van der Waals surface area contributed by atoms with Gasteiger partial charge in [-0.15, -0.1) is 34.9 Å². The zero-order valence-corrected chi connectivity index (χ0v) is 20.7. The number of thiazole rings is 1. The quantitative estimate of drug-likeness (QED) is 0.171. The molecule has 0 aliphatic carbocycles. The fraction of sp³-hybridized carbons (Fsp3) is 0.526. The number of ether oxygens (including phenoxy) is 2. The number of rotatable bonds is 7. The molecule has 0 saturated carbocycles. The molecule has 3 aliphatic rings. The van der Waals surface area contributed by atoms with Crippen LogP contribution in [0.15, 0.2) is 21.1 Å². The summed E-state index contributed by atoms with van der Waals surface area (Å²) in [6, 6.07) is -0.967. The van der Waals surface area contributed by atoms with Crippen LogP contribution < -0.4 is 11.1 Å². The minimum atomic E-state index is -1.21. The molecular formula is C19H23N5O7S3. The number of nitrogens with one attached hydrogen (secondary N) is 1. The number of thioether (sulfide) groups is 2. The monoisotopic (exact) mass is 529 g/mol. The summed E-state index contributed by atoms with van der Waals surface area (Å²) in [6.07, 6.45) is 0.590. The number of aliphatic carboxylic acids is 1. The predicted octanol–water partition coefficient (Wildman–Crippen LogP) is 0.875. The van der Waals surface area contributed by atoms with Gasteiger partial charge in [0, 0.05) is 21.8 Å². The molecule has 2 unspecified atom stereocenters. The van der Waals surface area contributed by atoms with Crippen LogP contribution >= 0.6 is 34.9 Å². The summed E-state index contributed by atoms with van der Waals surface area (Å²) in [7, 11) is 0. The molecule has 4 heterocycles. The molecule has 2 saturated heterocycles. The molecule has 12 nitrogen and oxygen atoms in total. The van der Waals surface area contributed by atoms with Crippen LogP contribution in [-0.2, 0) is 23.9 Å². The molecule has 0 radical (unpaired) electrons. The van der Waals surface area contributed by atoms with Crippen LogP contribution in [0, 0.1) is 0 Å². The molecule has 3 atom stereocenters. The first-order valence-corrected chi connectivity index (χ1v) is 13.1. The first kappa shape index (κ1) is 24.8. The number of hydrogen-bond donors (Lipinski definition) is 4. The molecule has 0 spiro atoms. The number of carboxylic acid groups (broad SMARTS) is 1. The highest BCUT2D eigenvalue weighted by molar-refractivity contribution is 8.06. The van der Waals surface area contributed by atoms with E-state index in [0.29, 0.717) is 29.4 Å². The molecule has 2 fully saturated rings. The van der Waals surface area contributed by atoms with E-state index in [1.165, 1.54) is 33.8 Å². The molecule has 2 amide bonds. The van der Waals surface area contributed by atoms with Gasteiger partial charge in [-0.3, -0.25) is 14.5 Å². The van der Waals surface area contributed by atoms with Gasteiger partial charge in [0.15, 0.2) is 16.6 Å². The molecule has 5 N–H and O–H groups in total. The van der Waals surface area contributed by atoms with Gasteiger partial charge < -0.3 is 30.8 Å². The Morgan fingerprint density at radius 2 is 2.24 bits per heavy atom. The highest BCUT2D eigenvalue weighted by atomic mass is 32.2. The number of fused-ring (bicyclic) bond motifs is 1. The molecule has 15 heteroatoms. The number of nitrogens with two attached hydrogens (primary N) is 1. The van der Waals surface area contributed by atoms with Crippen molar-refractivity contribution in [1.82, 2.24) is 15.2 Å². The van der Waals surface area contributed by atoms with Gasteiger partial charge in [-0.2, -0.15) is 0 Å². The summed E-state index contributed by atoms with van der Waals surface area (Å²) >= 11 is 3.77. The number of hydrogen-bond acceptors (Lipinski definition) is 12. The third kappa shape index (κ3) is 4.88. The van der Waals surface area contributed by atoms with Crippen molar-refractivity contribution in [2.45, 2.75) is 43.6 Å². The van der Waals surface area contributed by atoms with Gasteiger partial charge in [0.2, 0.25) is 0 Å². The lowest BCUT2D eigenvalue weighted by atomic mass is 10.0. The van der Waals surface area contributed by atoms with Crippen LogP contribution in [0.2, 0.25) is 0 Å². The third-order valence-electron chi connectivity index (χ3n) is 5.29. The molecule has 184 valence electrons. The number of amides is 2. The van der Waals surface area contributed by atoms with Gasteiger partial charge in [-0.1, -0.05) is 5.16 Å². The number of nitrogens with zero attached hydrogens (tertiary/aromatic N) is 3. The van der Waals surface area contributed by atoms with Crippen LogP contribution in [0.25, 0.3) is 0 Å². The van der Waals surface area contributed by atoms with Crippen LogP contribution in [0.4, 0.5) is 5.13 Å². The van der Waals surface area contributed by atoms with Crippen molar-refractivity contribution in [3.63, 3.8) is 0 Å². The predicted molar refractivity (Wildman–Crippen MR) is 127 cm³/mol. The molecular weight excluding hydrogens is 506 g/mol. The Bertz CT molecular complexity index is 1070. The Hall–Kier alpha value is -2.33. The summed E-state index contributed by atoms with van der Waals surface area (Å²) in [6.45, 7) is 4.21. The first-order valence-electron chi connectivity index (χ1n) is 10.2. The normalized spacial score (nSPS) is 26.6. The van der Waals surface area contributed by atoms with Crippen LogP contribution in [0.1, 0.15) is 26.0 Å². The highest BCUT2D eigenvalue weighted by Gasteiger charge is 2.54. The summed E-state index contributed by atoms with van der Waals surface area (Å²) in [5.74, 6) is -2.39. The van der Waals surface area contributed by atoms with Crippen molar-refractivity contribution in [3.8, 4) is 0 Å². The van der Waals surface area contributed by atoms with Crippen molar-refractivity contribution in [2.24, 2.45) is 5.16 Å². The number of aromatic nitrogens is 1. The lowest BCUT2D eigenvalue weighted by Crippen LogP contribution is -2.71. The number of carbonyl (C=O) groups excluding carboxylic acids is 2. The second-order valence-electron chi connectivity index (χ2n) is 8.05. The van der Waals surface area contributed by atoms with Crippen molar-refractivity contribution in [2.75, 3.05) is 23.8 Å². The van der Waals surface area contributed by atoms with Gasteiger partial charge in [0.25, 0.3) is 11.8 Å². The van der Waals surface area contributed by atoms with Crippen molar-refractivity contribution >= 4 is 63.5 Å². The number of β-lactam (4-membered cyclic amide) rings is 1. The zero-order chi connectivity index (χ0) is 24.6. The van der Waals surface area contributed by atoms with Gasteiger partial charge in [-0.25, -0.2) is 9.78 Å². The van der Waals surface area contributed by atoms with E-state index in [9.17, 15) is 24.7 Å². The van der Waals surface area contributed by atoms with E-state index in [1.807, 2.05) is 13.8 Å². The zero-order valence-electron chi connectivity index (χ0n) is 18.2. The summed E-state index contributed by atoms with van der Waals surface area (Å²) < 4.78 is 11.4. The van der Waals surface area contributed by atoms with E-state index in [0.717, 1.165) is 11.3 Å². The summed E-state index contributed by atoms with van der Waals surface area (Å²) in [4.78, 5) is 43.2. The summed E-state index contributed by atoms with van der Waals surface area (Å²) in [5, 5.41) is 25.6. The maximum atomic E-state index is 12.8. The number of nitrogen functional groups attached to an aromatic ring is 1. The van der Waals surface area contributed by atoms with Gasteiger partial charge in [-0.05, 0) is 20.3 Å². The van der Waals surface area contributed by atoms with E-state index in [4.69, 9.17) is 15.2 Å². The highest BCUT2D eigenvalue weighted by Crippen LogP contribution is 2.44. The molecule has 0 bridgehead atoms. The fourth-order valence-corrected chi connectivity index (χ4v) is 6.99. The number of anilines is 1. The van der Waals surface area contributed by atoms with Crippen LogP contribution in [0.3, 0.4) is 0 Å². The molecule has 3 aliphatic heterocycles. The minimum Gasteiger partial charge on any atom is -0.477 e. The van der Waals surface area contributed by atoms with E-state index >= 15 is 0 Å². The van der Waals surface area contributed by atoms with Crippen molar-refractivity contribution in [1.29, 1.82) is 0 Å². The van der Waals surface area contributed by atoms with Crippen molar-refractivity contribution < 1.29 is 34.2 Å². The molecule has 4 rings (SSSR count). The Balaban J connectivity index is 1.44. The lowest BCUT2D eigenvalue weighted by Gasteiger charge is -2.49. The van der Waals surface area contributed by atoms with Gasteiger partial charge >= 0.3 is 5.97 Å². The standard InChI is InChI=1S/C19H23N5O7S3/c1-19(2)30-4-3-8(31-19)5-32-10-7-33-16-12(15(26)24(16)13(10)17(27)28)22-14(25)11(23-29)9-6-34-18(20)21-9/h6,8,12,16,29H,3-5,7H2,1-2H3,(H2,20,21)(H,22,25)(H,27,28)/b23-11-/t8?,12?,16-/m1/s1. The molecule has 0 aromatic carbocycles. The lowest BCUT2D eigenvalue weighted by molar-refractivity contribution is -0.267. The first-order chi connectivity index (χ1) is 16.1. The van der Waals surface area contributed by atoms with Crippen LogP contribution in [-0.4, -0.2) is 85.1 Å². The Kier molecular flexibility index (Phi) is 7.09. The maximum Gasteiger partial charge on any atom is 0.353 e. The Morgan fingerprint density at radius 1 is 1.47 bits per heavy atom. The van der Waals surface area contributed by atoms with Gasteiger partial charge in [0.05, 0.1) is 12.7 Å². The van der Waals surface area contributed by atoms with E-state index < -0.39 is 35.0 Å². The van der Waals surface area contributed by atoms with Gasteiger partial charge in [0.1, 0.15) is 22.8 Å². The van der Waals surface area contributed by atoms with E-state index in [1.54, 1.807) is 0 Å². The van der Waals surface area contributed by atoms with Crippen LogP contribution in [0.5, 0.6) is 0 Å². The molecule has 34 heavy (non-hydrogen) atoms. The van der Waals surface area contributed by atoms with Crippen molar-refractivity contribution in [3.05, 3.63) is 21.7 Å². The number of oxime groups is 1. The summed E-state index contributed by atoms with van der Waals surface area (Å²) in [5.41, 5.74) is 5.17. The SMILES string of the molecule is CC1(C)OCCC(CSC2=C(C(=O)O)N3C(=O)C(NC(=O)/C(=N\O)c4csc(N)n4)[C@H]3SC2)O1. The average molecular weight is 530 g/mol. The average Bonchev–Trinajstić information content (AvgIpc) is 3.20. The van der Waals surface area contributed by atoms with E-state index in [-0.39, 0.29) is 28.3 Å². The second kappa shape index (κ2) is 9.73. The molecule has 1 aromatic heterocycles. The maximum absolute atomic E-state index is 12.8. The topological polar surface area (TPSA) is 177 Å². The number of carbonyl (C=O) groups is 3. The molecule has 1 aromatic rings. The number of carboxylic acids is 1. The largest absolute Gasteiger partial charge is 0.477 e. The Morgan fingerprint density at radius 3 is 2.85 bits per heavy atom. The third-order valence-corrected chi connectivity index (χ3v) is 8.65. The van der Waals surface area contributed by atoms with E-state index in [2.05, 4.69) is 15.5 Å². The fourth-order valence-electron chi connectivity index (χ4n) is 3.76.